The van der Waals surface area contributed by atoms with Crippen LogP contribution in [0.15, 0.2) is 54.9 Å². The number of hydrogen-bond acceptors (Lipinski definition) is 5. The van der Waals surface area contributed by atoms with Crippen molar-refractivity contribution in [2.75, 3.05) is 19.7 Å². The smallest absolute Gasteiger partial charge is 0.310 e. The fourth-order valence-corrected chi connectivity index (χ4v) is 3.81. The maximum absolute atomic E-state index is 13.5. The molecule has 0 radical (unpaired) electrons. The van der Waals surface area contributed by atoms with Gasteiger partial charge >= 0.3 is 5.97 Å². The molecule has 1 aliphatic rings. The van der Waals surface area contributed by atoms with Crippen molar-refractivity contribution in [2.45, 2.75) is 19.8 Å². The molecule has 2 aromatic heterocycles. The van der Waals surface area contributed by atoms with Gasteiger partial charge in [0.2, 0.25) is 0 Å². The van der Waals surface area contributed by atoms with Crippen LogP contribution in [0.4, 0.5) is 0 Å². The molecule has 0 unspecified atom stereocenters. The highest BCUT2D eigenvalue weighted by Crippen LogP contribution is 2.27. The van der Waals surface area contributed by atoms with E-state index in [4.69, 9.17) is 9.72 Å². The monoisotopic (exact) mass is 389 g/mol. The second kappa shape index (κ2) is 8.39. The van der Waals surface area contributed by atoms with E-state index < -0.39 is 0 Å². The fourth-order valence-electron chi connectivity index (χ4n) is 3.81. The molecule has 0 aliphatic carbocycles. The third-order valence-corrected chi connectivity index (χ3v) is 5.25. The molecule has 1 fully saturated rings. The summed E-state index contributed by atoms with van der Waals surface area (Å²) in [6.07, 6.45) is 4.96. The van der Waals surface area contributed by atoms with E-state index in [0.29, 0.717) is 25.3 Å². The van der Waals surface area contributed by atoms with E-state index in [1.165, 1.54) is 0 Å². The number of fused-ring (bicyclic) bond motifs is 1. The zero-order valence-electron chi connectivity index (χ0n) is 16.4. The second-order valence-electron chi connectivity index (χ2n) is 7.15. The first-order chi connectivity index (χ1) is 14.2. The van der Waals surface area contributed by atoms with Crippen LogP contribution in [0.2, 0.25) is 0 Å². The normalized spacial score (nSPS) is 16.6. The largest absolute Gasteiger partial charge is 0.466 e. The summed E-state index contributed by atoms with van der Waals surface area (Å²) in [5, 5.41) is 0.813. The Morgan fingerprint density at radius 3 is 2.76 bits per heavy atom. The fraction of sp³-hybridized carbons (Fsp3) is 0.304. The third kappa shape index (κ3) is 3.97. The number of nitrogens with zero attached hydrogens (tertiary/aromatic N) is 3. The van der Waals surface area contributed by atoms with Crippen molar-refractivity contribution in [3.63, 3.8) is 0 Å². The molecule has 0 saturated carbocycles. The quantitative estimate of drug-likeness (QED) is 0.636. The summed E-state index contributed by atoms with van der Waals surface area (Å²) in [6, 6.07) is 13.2. The molecule has 1 aliphatic heterocycles. The van der Waals surface area contributed by atoms with Gasteiger partial charge in [0.15, 0.2) is 0 Å². The summed E-state index contributed by atoms with van der Waals surface area (Å²) in [4.78, 5) is 36.2. The maximum Gasteiger partial charge on any atom is 0.310 e. The number of pyridine rings is 2. The van der Waals surface area contributed by atoms with Crippen molar-refractivity contribution < 1.29 is 14.3 Å². The molecule has 1 saturated heterocycles. The van der Waals surface area contributed by atoms with E-state index in [0.717, 1.165) is 35.0 Å². The van der Waals surface area contributed by atoms with Crippen LogP contribution in [0.25, 0.3) is 22.2 Å². The van der Waals surface area contributed by atoms with Gasteiger partial charge in [-0.05, 0) is 44.0 Å². The lowest BCUT2D eigenvalue weighted by molar-refractivity contribution is -0.149. The second-order valence-corrected chi connectivity index (χ2v) is 7.15. The highest BCUT2D eigenvalue weighted by atomic mass is 16.5. The van der Waals surface area contributed by atoms with Crippen LogP contribution in [-0.2, 0) is 9.53 Å². The van der Waals surface area contributed by atoms with Crippen LogP contribution in [0.3, 0.4) is 0 Å². The Kier molecular flexibility index (Phi) is 5.51. The molecule has 29 heavy (non-hydrogen) atoms. The first-order valence-corrected chi connectivity index (χ1v) is 9.93. The number of esters is 1. The Balaban J connectivity index is 1.70. The van der Waals surface area contributed by atoms with E-state index in [1.807, 2.05) is 42.5 Å². The summed E-state index contributed by atoms with van der Waals surface area (Å²) >= 11 is 0. The highest BCUT2D eigenvalue weighted by Gasteiger charge is 2.30. The molecule has 3 heterocycles. The lowest BCUT2D eigenvalue weighted by Crippen LogP contribution is -2.42. The Bertz CT molecular complexity index is 1040. The molecule has 6 nitrogen and oxygen atoms in total. The summed E-state index contributed by atoms with van der Waals surface area (Å²) in [7, 11) is 0. The number of piperidine rings is 1. The van der Waals surface area contributed by atoms with Gasteiger partial charge in [0.25, 0.3) is 5.91 Å². The first kappa shape index (κ1) is 19.1. The average molecular weight is 389 g/mol. The zero-order valence-corrected chi connectivity index (χ0v) is 16.4. The van der Waals surface area contributed by atoms with Crippen LogP contribution < -0.4 is 0 Å². The molecule has 1 amide bonds. The molecule has 0 bridgehead atoms. The molecule has 4 rings (SSSR count). The van der Waals surface area contributed by atoms with E-state index in [9.17, 15) is 9.59 Å². The predicted molar refractivity (Wildman–Crippen MR) is 110 cm³/mol. The van der Waals surface area contributed by atoms with Crippen molar-refractivity contribution >= 4 is 22.8 Å². The molecule has 0 N–H and O–H groups in total. The lowest BCUT2D eigenvalue weighted by atomic mass is 9.96. The van der Waals surface area contributed by atoms with Gasteiger partial charge in [-0.3, -0.25) is 14.6 Å². The first-order valence-electron chi connectivity index (χ1n) is 9.93. The zero-order chi connectivity index (χ0) is 20.2. The van der Waals surface area contributed by atoms with Gasteiger partial charge in [-0.2, -0.15) is 0 Å². The van der Waals surface area contributed by atoms with Crippen molar-refractivity contribution in [1.82, 2.24) is 14.9 Å². The molecule has 6 heteroatoms. The van der Waals surface area contributed by atoms with Crippen molar-refractivity contribution in [2.24, 2.45) is 5.92 Å². The highest BCUT2D eigenvalue weighted by molar-refractivity contribution is 6.07. The third-order valence-electron chi connectivity index (χ3n) is 5.25. The molecular weight excluding hydrogens is 366 g/mol. The Morgan fingerprint density at radius 2 is 1.97 bits per heavy atom. The Labute approximate surface area is 169 Å². The molecule has 148 valence electrons. The number of ether oxygens (including phenoxy) is 1. The summed E-state index contributed by atoms with van der Waals surface area (Å²) in [5.41, 5.74) is 3.01. The summed E-state index contributed by atoms with van der Waals surface area (Å²) < 4.78 is 5.17. The minimum Gasteiger partial charge on any atom is -0.466 e. The van der Waals surface area contributed by atoms with Gasteiger partial charge in [0, 0.05) is 36.4 Å². The Hall–Kier alpha value is -3.28. The predicted octanol–water partition coefficient (Wildman–Crippen LogP) is 3.71. The van der Waals surface area contributed by atoms with Crippen LogP contribution in [-0.4, -0.2) is 46.4 Å². The van der Waals surface area contributed by atoms with E-state index in [2.05, 4.69) is 4.98 Å². The number of para-hydroxylation sites is 1. The summed E-state index contributed by atoms with van der Waals surface area (Å²) in [5.74, 6) is -0.560. The number of hydrogen-bond donors (Lipinski definition) is 0. The van der Waals surface area contributed by atoms with Crippen molar-refractivity contribution in [3.05, 3.63) is 60.4 Å². The number of likely N-dealkylation sites (tertiary alicyclic amines) is 1. The number of carbonyl (C=O) groups is 2. The van der Waals surface area contributed by atoms with Gasteiger partial charge in [0.1, 0.15) is 0 Å². The molecule has 0 spiro atoms. The van der Waals surface area contributed by atoms with Gasteiger partial charge in [-0.15, -0.1) is 0 Å². The van der Waals surface area contributed by atoms with E-state index in [1.54, 1.807) is 24.2 Å². The van der Waals surface area contributed by atoms with Crippen LogP contribution in [0.1, 0.15) is 30.1 Å². The number of carbonyl (C=O) groups excluding carboxylic acids is 2. The van der Waals surface area contributed by atoms with E-state index >= 15 is 0 Å². The van der Waals surface area contributed by atoms with E-state index in [-0.39, 0.29) is 17.8 Å². The Morgan fingerprint density at radius 1 is 1.17 bits per heavy atom. The topological polar surface area (TPSA) is 72.4 Å². The minimum absolute atomic E-state index is 0.0760. The van der Waals surface area contributed by atoms with Gasteiger partial charge in [-0.1, -0.05) is 18.2 Å². The van der Waals surface area contributed by atoms with Gasteiger partial charge in [0.05, 0.1) is 29.3 Å². The van der Waals surface area contributed by atoms with Crippen molar-refractivity contribution in [1.29, 1.82) is 0 Å². The van der Waals surface area contributed by atoms with Crippen LogP contribution in [0, 0.1) is 5.92 Å². The standard InChI is InChI=1S/C23H23N3O3/c1-2-29-23(28)17-6-5-13-26(15-17)22(27)19-14-21(16-9-11-24-12-10-16)25-20-8-4-3-7-18(19)20/h3-4,7-12,14,17H,2,5-6,13,15H2,1H3/t17-/m0/s1. The molecule has 1 aromatic carbocycles. The molecular formula is C23H23N3O3. The number of aromatic nitrogens is 2. The SMILES string of the molecule is CCOC(=O)[C@H]1CCCN(C(=O)c2cc(-c3ccncc3)nc3ccccc23)C1. The average Bonchev–Trinajstić information content (AvgIpc) is 2.78. The summed E-state index contributed by atoms with van der Waals surface area (Å²) in [6.45, 7) is 3.18. The van der Waals surface area contributed by atoms with Crippen LogP contribution in [0.5, 0.6) is 0 Å². The lowest BCUT2D eigenvalue weighted by Gasteiger charge is -2.32. The molecule has 1 atom stereocenters. The number of amides is 1. The van der Waals surface area contributed by atoms with Gasteiger partial charge < -0.3 is 9.64 Å². The number of rotatable bonds is 4. The number of benzene rings is 1. The molecule has 3 aromatic rings. The van der Waals surface area contributed by atoms with Crippen molar-refractivity contribution in [3.8, 4) is 11.3 Å². The minimum atomic E-state index is -0.264. The maximum atomic E-state index is 13.5. The van der Waals surface area contributed by atoms with Crippen LogP contribution >= 0.6 is 0 Å². The van der Waals surface area contributed by atoms with Gasteiger partial charge in [-0.25, -0.2) is 4.98 Å².